The summed E-state index contributed by atoms with van der Waals surface area (Å²) in [5, 5.41) is 3.92. The topological polar surface area (TPSA) is 43.8 Å². The number of hydrogen-bond donors (Lipinski definition) is 1. The minimum Gasteiger partial charge on any atom is -0.326 e. The van der Waals surface area contributed by atoms with E-state index in [9.17, 15) is 8.78 Å². The maximum absolute atomic E-state index is 13.3. The number of aromatic nitrogens is 2. The molecule has 1 saturated carbocycles. The van der Waals surface area contributed by atoms with Gasteiger partial charge in [-0.1, -0.05) is 0 Å². The molecule has 0 radical (unpaired) electrons. The molecular weight excluding hydrogens is 188 g/mol. The number of halogens is 2. The Hall–Kier alpha value is -0.970. The summed E-state index contributed by atoms with van der Waals surface area (Å²) < 4.78 is 28.0. The Morgan fingerprint density at radius 1 is 1.64 bits per heavy atom. The van der Waals surface area contributed by atoms with Crippen molar-refractivity contribution in [3.63, 3.8) is 0 Å². The fourth-order valence-electron chi connectivity index (χ4n) is 1.89. The first kappa shape index (κ1) is 9.58. The summed E-state index contributed by atoms with van der Waals surface area (Å²) in [4.78, 5) is 0. The third-order valence-electron chi connectivity index (χ3n) is 2.69. The first-order valence-corrected chi connectivity index (χ1v) is 4.74. The standard InChI is InChI=1S/C9H13F2N3/c10-9(11)3-1-2-8(9)14-6-7(4-12)5-13-14/h5-6,8H,1-4,12H2. The predicted octanol–water partition coefficient (Wildman–Crippen LogP) is 1.70. The van der Waals surface area contributed by atoms with Crippen LogP contribution in [0.5, 0.6) is 0 Å². The van der Waals surface area contributed by atoms with Crippen molar-refractivity contribution >= 4 is 0 Å². The number of nitrogens with zero attached hydrogens (tertiary/aromatic N) is 2. The van der Waals surface area contributed by atoms with Crippen LogP contribution in [0.4, 0.5) is 8.78 Å². The van der Waals surface area contributed by atoms with Crippen LogP contribution in [0.2, 0.25) is 0 Å². The minimum absolute atomic E-state index is 0.0323. The van der Waals surface area contributed by atoms with Crippen molar-refractivity contribution in [3.05, 3.63) is 18.0 Å². The lowest BCUT2D eigenvalue weighted by Gasteiger charge is -2.18. The number of nitrogens with two attached hydrogens (primary N) is 1. The van der Waals surface area contributed by atoms with Gasteiger partial charge in [-0.3, -0.25) is 4.68 Å². The molecule has 1 aliphatic rings. The summed E-state index contributed by atoms with van der Waals surface area (Å²) >= 11 is 0. The molecule has 1 aromatic heterocycles. The van der Waals surface area contributed by atoms with Gasteiger partial charge < -0.3 is 5.73 Å². The number of alkyl halides is 2. The lowest BCUT2D eigenvalue weighted by Crippen LogP contribution is -2.25. The molecule has 3 nitrogen and oxygen atoms in total. The molecule has 5 heteroatoms. The molecule has 0 aromatic carbocycles. The van der Waals surface area contributed by atoms with Crippen molar-refractivity contribution in [2.75, 3.05) is 0 Å². The van der Waals surface area contributed by atoms with Gasteiger partial charge in [0, 0.05) is 24.7 Å². The maximum Gasteiger partial charge on any atom is 0.270 e. The highest BCUT2D eigenvalue weighted by atomic mass is 19.3. The van der Waals surface area contributed by atoms with Crippen LogP contribution < -0.4 is 5.73 Å². The van der Waals surface area contributed by atoms with Gasteiger partial charge in [0.25, 0.3) is 5.92 Å². The second-order valence-electron chi connectivity index (χ2n) is 3.70. The molecular formula is C9H13F2N3. The van der Waals surface area contributed by atoms with Gasteiger partial charge in [0.2, 0.25) is 0 Å². The first-order chi connectivity index (χ1) is 6.63. The van der Waals surface area contributed by atoms with Crippen LogP contribution in [0.25, 0.3) is 0 Å². The molecule has 0 saturated heterocycles. The molecule has 2 N–H and O–H groups in total. The summed E-state index contributed by atoms with van der Waals surface area (Å²) in [5.41, 5.74) is 6.19. The van der Waals surface area contributed by atoms with E-state index < -0.39 is 12.0 Å². The highest BCUT2D eigenvalue weighted by Gasteiger charge is 2.45. The third-order valence-corrected chi connectivity index (χ3v) is 2.69. The van der Waals surface area contributed by atoms with E-state index in [1.807, 2.05) is 0 Å². The molecule has 1 aromatic rings. The Morgan fingerprint density at radius 2 is 2.43 bits per heavy atom. The van der Waals surface area contributed by atoms with Crippen LogP contribution >= 0.6 is 0 Å². The Bertz CT molecular complexity index is 322. The minimum atomic E-state index is -2.61. The molecule has 0 bridgehead atoms. The van der Waals surface area contributed by atoms with E-state index in [-0.39, 0.29) is 6.42 Å². The predicted molar refractivity (Wildman–Crippen MR) is 48.0 cm³/mol. The Balaban J connectivity index is 2.22. The molecule has 0 amide bonds. The Morgan fingerprint density at radius 3 is 2.93 bits per heavy atom. The van der Waals surface area contributed by atoms with Crippen molar-refractivity contribution in [3.8, 4) is 0 Å². The molecule has 14 heavy (non-hydrogen) atoms. The lowest BCUT2D eigenvalue weighted by atomic mass is 10.2. The normalized spacial score (nSPS) is 25.5. The van der Waals surface area contributed by atoms with E-state index in [2.05, 4.69) is 5.10 Å². The van der Waals surface area contributed by atoms with E-state index >= 15 is 0 Å². The Kier molecular flexibility index (Phi) is 2.26. The van der Waals surface area contributed by atoms with Gasteiger partial charge >= 0.3 is 0 Å². The van der Waals surface area contributed by atoms with Crippen molar-refractivity contribution in [2.45, 2.75) is 37.8 Å². The van der Waals surface area contributed by atoms with Crippen LogP contribution in [0.3, 0.4) is 0 Å². The van der Waals surface area contributed by atoms with E-state index in [1.54, 1.807) is 12.4 Å². The maximum atomic E-state index is 13.3. The number of hydrogen-bond acceptors (Lipinski definition) is 2. The number of rotatable bonds is 2. The molecule has 1 aliphatic carbocycles. The van der Waals surface area contributed by atoms with E-state index in [4.69, 9.17) is 5.73 Å². The van der Waals surface area contributed by atoms with Gasteiger partial charge in [-0.25, -0.2) is 8.78 Å². The molecule has 2 rings (SSSR count). The molecule has 1 atom stereocenters. The van der Waals surface area contributed by atoms with Gasteiger partial charge in [-0.15, -0.1) is 0 Å². The summed E-state index contributed by atoms with van der Waals surface area (Å²) in [5.74, 6) is -2.61. The highest BCUT2D eigenvalue weighted by Crippen LogP contribution is 2.43. The average molecular weight is 201 g/mol. The quantitative estimate of drug-likeness (QED) is 0.791. The van der Waals surface area contributed by atoms with Crippen LogP contribution in [0.15, 0.2) is 12.4 Å². The fraction of sp³-hybridized carbons (Fsp3) is 0.667. The van der Waals surface area contributed by atoms with Crippen LogP contribution in [0, 0.1) is 0 Å². The smallest absolute Gasteiger partial charge is 0.270 e. The summed E-state index contributed by atoms with van der Waals surface area (Å²) in [6.45, 7) is 0.346. The third kappa shape index (κ3) is 1.52. The zero-order valence-corrected chi connectivity index (χ0v) is 7.79. The van der Waals surface area contributed by atoms with Gasteiger partial charge in [0.15, 0.2) is 0 Å². The van der Waals surface area contributed by atoms with Crippen molar-refractivity contribution < 1.29 is 8.78 Å². The summed E-state index contributed by atoms with van der Waals surface area (Å²) in [6, 6.07) is -0.775. The SMILES string of the molecule is NCc1cnn(C2CCCC2(F)F)c1. The van der Waals surface area contributed by atoms with Crippen LogP contribution in [-0.2, 0) is 6.54 Å². The van der Waals surface area contributed by atoms with Gasteiger partial charge in [-0.2, -0.15) is 5.10 Å². The summed E-state index contributed by atoms with van der Waals surface area (Å²) in [6.07, 6.45) is 4.20. The summed E-state index contributed by atoms with van der Waals surface area (Å²) in [7, 11) is 0. The van der Waals surface area contributed by atoms with E-state index in [1.165, 1.54) is 4.68 Å². The van der Waals surface area contributed by atoms with Gasteiger partial charge in [-0.05, 0) is 12.8 Å². The molecule has 1 unspecified atom stereocenters. The van der Waals surface area contributed by atoms with Crippen molar-refractivity contribution in [1.82, 2.24) is 9.78 Å². The molecule has 1 heterocycles. The second-order valence-corrected chi connectivity index (χ2v) is 3.70. The van der Waals surface area contributed by atoms with Gasteiger partial charge in [0.05, 0.1) is 6.20 Å². The zero-order chi connectivity index (χ0) is 10.2. The molecule has 1 fully saturated rings. The van der Waals surface area contributed by atoms with Crippen LogP contribution in [-0.4, -0.2) is 15.7 Å². The second kappa shape index (κ2) is 3.31. The average Bonchev–Trinajstić information content (AvgIpc) is 2.70. The largest absolute Gasteiger partial charge is 0.326 e. The van der Waals surface area contributed by atoms with E-state index in [0.717, 1.165) is 5.56 Å². The highest BCUT2D eigenvalue weighted by molar-refractivity contribution is 5.05. The molecule has 0 spiro atoms. The molecule has 0 aliphatic heterocycles. The lowest BCUT2D eigenvalue weighted by molar-refractivity contribution is -0.0343. The molecule has 78 valence electrons. The van der Waals surface area contributed by atoms with E-state index in [0.29, 0.717) is 19.4 Å². The van der Waals surface area contributed by atoms with Crippen molar-refractivity contribution in [2.24, 2.45) is 5.73 Å². The van der Waals surface area contributed by atoms with Crippen molar-refractivity contribution in [1.29, 1.82) is 0 Å². The first-order valence-electron chi connectivity index (χ1n) is 4.74. The monoisotopic (exact) mass is 201 g/mol. The fourth-order valence-corrected chi connectivity index (χ4v) is 1.89. The Labute approximate surface area is 80.9 Å². The van der Waals surface area contributed by atoms with Gasteiger partial charge in [0.1, 0.15) is 6.04 Å². The van der Waals surface area contributed by atoms with Crippen LogP contribution in [0.1, 0.15) is 30.9 Å². The zero-order valence-electron chi connectivity index (χ0n) is 7.79.